The standard InChI is InChI=1S/C25H20BrIN2O4/c1-15-3-5-16(6-4-15)14-32-21-8-7-17(9-22(21)31-2)13-28-29-25(30)23-11-18-10-19(26)12-20(27)24(18)33-23/h3-13H,14H2,1-2H3,(H,29,30)/b28-13-. The van der Waals surface area contributed by atoms with Gasteiger partial charge in [0.2, 0.25) is 0 Å². The Labute approximate surface area is 213 Å². The molecular formula is C25H20BrIN2O4. The zero-order valence-electron chi connectivity index (χ0n) is 17.9. The molecule has 0 saturated carbocycles. The van der Waals surface area contributed by atoms with Crippen LogP contribution in [0, 0.1) is 10.5 Å². The molecule has 0 atom stereocenters. The second kappa shape index (κ2) is 10.4. The minimum atomic E-state index is -0.431. The number of aryl methyl sites for hydroxylation is 1. The highest BCUT2D eigenvalue weighted by molar-refractivity contribution is 14.1. The van der Waals surface area contributed by atoms with Crippen LogP contribution in [0.1, 0.15) is 27.2 Å². The molecule has 33 heavy (non-hydrogen) atoms. The second-order valence-electron chi connectivity index (χ2n) is 7.30. The van der Waals surface area contributed by atoms with E-state index in [1.807, 2.05) is 43.3 Å². The second-order valence-corrected chi connectivity index (χ2v) is 9.38. The van der Waals surface area contributed by atoms with Crippen molar-refractivity contribution in [3.05, 3.63) is 91.2 Å². The molecule has 1 N–H and O–H groups in total. The van der Waals surface area contributed by atoms with Crippen LogP contribution in [-0.2, 0) is 6.61 Å². The molecule has 0 bridgehead atoms. The van der Waals surface area contributed by atoms with Gasteiger partial charge in [0.05, 0.1) is 16.9 Å². The van der Waals surface area contributed by atoms with Gasteiger partial charge in [0.1, 0.15) is 12.2 Å². The summed E-state index contributed by atoms with van der Waals surface area (Å²) in [6.45, 7) is 2.49. The van der Waals surface area contributed by atoms with E-state index in [-0.39, 0.29) is 5.76 Å². The highest BCUT2D eigenvalue weighted by atomic mass is 127. The van der Waals surface area contributed by atoms with Gasteiger partial charge in [-0.3, -0.25) is 4.79 Å². The van der Waals surface area contributed by atoms with Crippen molar-refractivity contribution in [1.29, 1.82) is 0 Å². The van der Waals surface area contributed by atoms with Crippen LogP contribution in [0.2, 0.25) is 0 Å². The first-order chi connectivity index (χ1) is 15.9. The lowest BCUT2D eigenvalue weighted by molar-refractivity contribution is 0.0929. The normalized spacial score (nSPS) is 11.2. The van der Waals surface area contributed by atoms with E-state index in [0.717, 1.165) is 24.6 Å². The Morgan fingerprint density at radius 3 is 2.67 bits per heavy atom. The number of benzene rings is 3. The van der Waals surface area contributed by atoms with Crippen molar-refractivity contribution < 1.29 is 18.7 Å². The molecule has 0 fully saturated rings. The van der Waals surface area contributed by atoms with E-state index in [1.165, 1.54) is 11.8 Å². The number of hydrogen-bond donors (Lipinski definition) is 1. The third-order valence-corrected chi connectivity index (χ3v) is 6.10. The minimum Gasteiger partial charge on any atom is -0.493 e. The Bertz CT molecular complexity index is 1330. The largest absolute Gasteiger partial charge is 0.493 e. The fourth-order valence-electron chi connectivity index (χ4n) is 3.14. The van der Waals surface area contributed by atoms with Crippen LogP contribution in [0.4, 0.5) is 0 Å². The van der Waals surface area contributed by atoms with Gasteiger partial charge in [-0.05, 0) is 77.0 Å². The van der Waals surface area contributed by atoms with Crippen molar-refractivity contribution in [1.82, 2.24) is 5.43 Å². The monoisotopic (exact) mass is 618 g/mol. The number of carbonyl (C=O) groups excluding carboxylic acids is 1. The Balaban J connectivity index is 1.41. The van der Waals surface area contributed by atoms with Gasteiger partial charge in [-0.15, -0.1) is 0 Å². The molecule has 0 radical (unpaired) electrons. The molecule has 1 amide bonds. The van der Waals surface area contributed by atoms with Crippen molar-refractivity contribution in [2.24, 2.45) is 5.10 Å². The summed E-state index contributed by atoms with van der Waals surface area (Å²) in [5.41, 5.74) is 6.19. The van der Waals surface area contributed by atoms with E-state index in [0.29, 0.717) is 23.7 Å². The van der Waals surface area contributed by atoms with Crippen molar-refractivity contribution in [3.63, 3.8) is 0 Å². The number of hydrogen-bond acceptors (Lipinski definition) is 5. The summed E-state index contributed by atoms with van der Waals surface area (Å²) in [5, 5.41) is 4.88. The number of carbonyl (C=O) groups is 1. The number of nitrogens with zero attached hydrogens (tertiary/aromatic N) is 1. The minimum absolute atomic E-state index is 0.190. The molecule has 0 spiro atoms. The molecule has 0 aliphatic heterocycles. The van der Waals surface area contributed by atoms with Crippen molar-refractivity contribution in [2.45, 2.75) is 13.5 Å². The quantitative estimate of drug-likeness (QED) is 0.147. The molecule has 4 rings (SSSR count). The number of ether oxygens (including phenoxy) is 2. The zero-order chi connectivity index (χ0) is 23.4. The number of nitrogens with one attached hydrogen (secondary N) is 1. The molecular weight excluding hydrogens is 599 g/mol. The highest BCUT2D eigenvalue weighted by Gasteiger charge is 2.14. The summed E-state index contributed by atoms with van der Waals surface area (Å²) in [7, 11) is 1.58. The molecule has 8 heteroatoms. The Kier molecular flexibility index (Phi) is 7.34. The van der Waals surface area contributed by atoms with Crippen LogP contribution in [0.25, 0.3) is 11.0 Å². The summed E-state index contributed by atoms with van der Waals surface area (Å²) >= 11 is 5.62. The van der Waals surface area contributed by atoms with Gasteiger partial charge in [0, 0.05) is 9.86 Å². The smallest absolute Gasteiger partial charge is 0.307 e. The number of furan rings is 1. The molecule has 6 nitrogen and oxygen atoms in total. The molecule has 0 saturated heterocycles. The summed E-state index contributed by atoms with van der Waals surface area (Å²) in [6, 6.07) is 19.1. The van der Waals surface area contributed by atoms with E-state index in [1.54, 1.807) is 19.2 Å². The molecule has 168 valence electrons. The number of hydrazone groups is 1. The SMILES string of the molecule is COc1cc(/C=N\NC(=O)c2cc3cc(Br)cc(I)c3o2)ccc1OCc1ccc(C)cc1. The summed E-state index contributed by atoms with van der Waals surface area (Å²) in [4.78, 5) is 12.4. The maximum atomic E-state index is 12.4. The molecule has 1 aromatic heterocycles. The topological polar surface area (TPSA) is 73.1 Å². The van der Waals surface area contributed by atoms with Gasteiger partial charge in [0.25, 0.3) is 0 Å². The first-order valence-corrected chi connectivity index (χ1v) is 11.9. The third kappa shape index (κ3) is 5.75. The van der Waals surface area contributed by atoms with Crippen LogP contribution >= 0.6 is 38.5 Å². The summed E-state index contributed by atoms with van der Waals surface area (Å²) in [5.74, 6) is 0.965. The lowest BCUT2D eigenvalue weighted by atomic mass is 10.2. The molecule has 0 unspecified atom stereocenters. The predicted molar refractivity (Wildman–Crippen MR) is 140 cm³/mol. The van der Waals surface area contributed by atoms with Gasteiger partial charge in [0.15, 0.2) is 17.3 Å². The van der Waals surface area contributed by atoms with Gasteiger partial charge in [-0.25, -0.2) is 5.43 Å². The Hall–Kier alpha value is -2.85. The number of fused-ring (bicyclic) bond motifs is 1. The van der Waals surface area contributed by atoms with Crippen LogP contribution in [-0.4, -0.2) is 19.2 Å². The molecule has 4 aromatic rings. The molecule has 0 aliphatic carbocycles. The highest BCUT2D eigenvalue weighted by Crippen LogP contribution is 2.29. The van der Waals surface area contributed by atoms with Crippen LogP contribution in [0.5, 0.6) is 11.5 Å². The summed E-state index contributed by atoms with van der Waals surface area (Å²) in [6.07, 6.45) is 1.53. The Morgan fingerprint density at radius 1 is 1.12 bits per heavy atom. The van der Waals surface area contributed by atoms with Gasteiger partial charge in [-0.2, -0.15) is 5.10 Å². The van der Waals surface area contributed by atoms with E-state index in [9.17, 15) is 4.79 Å². The van der Waals surface area contributed by atoms with E-state index in [4.69, 9.17) is 13.9 Å². The van der Waals surface area contributed by atoms with Gasteiger partial charge >= 0.3 is 5.91 Å². The number of methoxy groups -OCH3 is 1. The lowest BCUT2D eigenvalue weighted by Gasteiger charge is -2.11. The maximum Gasteiger partial charge on any atom is 0.307 e. The first-order valence-electron chi connectivity index (χ1n) is 10.0. The number of halogens is 2. The lowest BCUT2D eigenvalue weighted by Crippen LogP contribution is -2.16. The van der Waals surface area contributed by atoms with Crippen LogP contribution in [0.3, 0.4) is 0 Å². The Morgan fingerprint density at radius 2 is 1.91 bits per heavy atom. The molecule has 3 aromatic carbocycles. The van der Waals surface area contributed by atoms with Crippen LogP contribution < -0.4 is 14.9 Å². The fourth-order valence-corrected chi connectivity index (χ4v) is 4.80. The zero-order valence-corrected chi connectivity index (χ0v) is 21.6. The van der Waals surface area contributed by atoms with Crippen molar-refractivity contribution in [3.8, 4) is 11.5 Å². The number of amides is 1. The first kappa shape index (κ1) is 23.3. The molecule has 1 heterocycles. The average molecular weight is 619 g/mol. The van der Waals surface area contributed by atoms with E-state index >= 15 is 0 Å². The van der Waals surface area contributed by atoms with Crippen LogP contribution in [0.15, 0.2) is 74.7 Å². The van der Waals surface area contributed by atoms with Crippen molar-refractivity contribution >= 4 is 61.6 Å². The predicted octanol–water partition coefficient (Wildman–Crippen LogP) is 6.46. The summed E-state index contributed by atoms with van der Waals surface area (Å²) < 4.78 is 18.9. The van der Waals surface area contributed by atoms with Crippen molar-refractivity contribution in [2.75, 3.05) is 7.11 Å². The van der Waals surface area contributed by atoms with E-state index in [2.05, 4.69) is 61.2 Å². The third-order valence-electron chi connectivity index (χ3n) is 4.84. The van der Waals surface area contributed by atoms with Gasteiger partial charge in [-0.1, -0.05) is 45.8 Å². The fraction of sp³-hybridized carbons (Fsp3) is 0.120. The maximum absolute atomic E-state index is 12.4. The number of rotatable bonds is 7. The van der Waals surface area contributed by atoms with E-state index < -0.39 is 5.91 Å². The average Bonchev–Trinajstić information content (AvgIpc) is 3.23. The molecule has 0 aliphatic rings. The van der Waals surface area contributed by atoms with Gasteiger partial charge < -0.3 is 13.9 Å².